The van der Waals surface area contributed by atoms with Crippen molar-refractivity contribution in [2.45, 2.75) is 44.4 Å². The van der Waals surface area contributed by atoms with Crippen LogP contribution in [0.5, 0.6) is 17.2 Å². The Labute approximate surface area is 219 Å². The molecule has 0 spiro atoms. The molecule has 1 fully saturated rings. The third-order valence-electron chi connectivity index (χ3n) is 6.41. The number of hydrogen-bond donors (Lipinski definition) is 2. The highest BCUT2D eigenvalue weighted by molar-refractivity contribution is 6.32. The van der Waals surface area contributed by atoms with Gasteiger partial charge in [0.1, 0.15) is 30.3 Å². The summed E-state index contributed by atoms with van der Waals surface area (Å²) in [6.45, 7) is 0.207. The SMILES string of the molecule is COc1cc2ncnc(Nc3ccc(OCc4cccc(F)c4)c(Cl)c3)c2cc1OC1CCC(N)CC1. The minimum atomic E-state index is -0.307. The van der Waals surface area contributed by atoms with Gasteiger partial charge in [-0.1, -0.05) is 23.7 Å². The lowest BCUT2D eigenvalue weighted by atomic mass is 9.94. The zero-order valence-electron chi connectivity index (χ0n) is 20.4. The molecule has 192 valence electrons. The molecule has 1 aliphatic rings. The number of benzene rings is 3. The van der Waals surface area contributed by atoms with E-state index in [-0.39, 0.29) is 24.6 Å². The lowest BCUT2D eigenvalue weighted by molar-refractivity contribution is 0.142. The second-order valence-electron chi connectivity index (χ2n) is 9.09. The van der Waals surface area contributed by atoms with Crippen LogP contribution >= 0.6 is 11.6 Å². The van der Waals surface area contributed by atoms with E-state index in [1.54, 1.807) is 31.4 Å². The quantitative estimate of drug-likeness (QED) is 0.276. The monoisotopic (exact) mass is 522 g/mol. The van der Waals surface area contributed by atoms with E-state index in [1.807, 2.05) is 18.2 Å². The number of aromatic nitrogens is 2. The molecule has 0 aliphatic heterocycles. The predicted octanol–water partition coefficient (Wildman–Crippen LogP) is 6.40. The van der Waals surface area contributed by atoms with Gasteiger partial charge in [-0.05, 0) is 67.6 Å². The van der Waals surface area contributed by atoms with Crippen LogP contribution in [0.2, 0.25) is 5.02 Å². The van der Waals surface area contributed by atoms with Gasteiger partial charge in [0.25, 0.3) is 0 Å². The number of nitrogens with one attached hydrogen (secondary N) is 1. The van der Waals surface area contributed by atoms with Gasteiger partial charge in [0.05, 0.1) is 23.8 Å². The molecule has 3 aromatic carbocycles. The lowest BCUT2D eigenvalue weighted by Gasteiger charge is -2.27. The van der Waals surface area contributed by atoms with E-state index in [1.165, 1.54) is 18.5 Å². The normalized spacial score (nSPS) is 17.4. The first-order chi connectivity index (χ1) is 18.0. The summed E-state index contributed by atoms with van der Waals surface area (Å²) >= 11 is 6.48. The van der Waals surface area contributed by atoms with Gasteiger partial charge >= 0.3 is 0 Å². The summed E-state index contributed by atoms with van der Waals surface area (Å²) in [6, 6.07) is 15.6. The molecule has 1 saturated carbocycles. The minimum Gasteiger partial charge on any atom is -0.493 e. The van der Waals surface area contributed by atoms with Crippen molar-refractivity contribution in [3.05, 3.63) is 77.3 Å². The number of rotatable bonds is 8. The van der Waals surface area contributed by atoms with Gasteiger partial charge in [-0.25, -0.2) is 14.4 Å². The number of nitrogens with zero attached hydrogens (tertiary/aromatic N) is 2. The maximum absolute atomic E-state index is 13.4. The van der Waals surface area contributed by atoms with E-state index in [2.05, 4.69) is 15.3 Å². The highest BCUT2D eigenvalue weighted by Crippen LogP contribution is 2.37. The van der Waals surface area contributed by atoms with Crippen LogP contribution < -0.4 is 25.3 Å². The Balaban J connectivity index is 1.35. The summed E-state index contributed by atoms with van der Waals surface area (Å²) in [4.78, 5) is 8.85. The molecule has 0 bridgehead atoms. The van der Waals surface area contributed by atoms with Gasteiger partial charge in [-0.2, -0.15) is 0 Å². The van der Waals surface area contributed by atoms with Crippen molar-refractivity contribution in [2.24, 2.45) is 5.73 Å². The van der Waals surface area contributed by atoms with Crippen LogP contribution in [0.1, 0.15) is 31.2 Å². The van der Waals surface area contributed by atoms with E-state index in [4.69, 9.17) is 31.5 Å². The topological polar surface area (TPSA) is 91.5 Å². The number of nitrogens with two attached hydrogens (primary N) is 1. The predicted molar refractivity (Wildman–Crippen MR) is 142 cm³/mol. The highest BCUT2D eigenvalue weighted by Gasteiger charge is 2.22. The fourth-order valence-electron chi connectivity index (χ4n) is 4.42. The maximum atomic E-state index is 13.4. The molecule has 0 atom stereocenters. The van der Waals surface area contributed by atoms with E-state index in [0.29, 0.717) is 33.6 Å². The maximum Gasteiger partial charge on any atom is 0.162 e. The molecule has 4 aromatic rings. The van der Waals surface area contributed by atoms with Gasteiger partial charge in [0.2, 0.25) is 0 Å². The standard InChI is InChI=1S/C28H28ClFN4O3/c1-35-26-14-24-22(13-27(26)37-21-8-5-19(31)6-9-21)28(33-16-32-24)34-20-7-10-25(23(29)12-20)36-15-17-3-2-4-18(30)11-17/h2-4,7,10-14,16,19,21H,5-6,8-9,15,31H2,1H3,(H,32,33,34). The number of halogens is 2. The number of ether oxygens (including phenoxy) is 3. The van der Waals surface area contributed by atoms with Crippen molar-refractivity contribution in [3.8, 4) is 17.2 Å². The molecule has 1 aliphatic carbocycles. The number of hydrogen-bond acceptors (Lipinski definition) is 7. The number of anilines is 2. The summed E-state index contributed by atoms with van der Waals surface area (Å²) in [5.74, 6) is 2.06. The molecule has 0 unspecified atom stereocenters. The van der Waals surface area contributed by atoms with Gasteiger partial charge in [-0.3, -0.25) is 0 Å². The molecular weight excluding hydrogens is 495 g/mol. The van der Waals surface area contributed by atoms with Crippen LogP contribution in [0, 0.1) is 5.82 Å². The Morgan fingerprint density at radius 1 is 1.00 bits per heavy atom. The van der Waals surface area contributed by atoms with Crippen molar-refractivity contribution in [1.82, 2.24) is 9.97 Å². The molecule has 5 rings (SSSR count). The largest absolute Gasteiger partial charge is 0.493 e. The zero-order valence-corrected chi connectivity index (χ0v) is 21.2. The van der Waals surface area contributed by atoms with Gasteiger partial charge < -0.3 is 25.3 Å². The molecule has 7 nitrogen and oxygen atoms in total. The molecule has 9 heteroatoms. The summed E-state index contributed by atoms with van der Waals surface area (Å²) < 4.78 is 31.1. The van der Waals surface area contributed by atoms with Crippen LogP contribution in [0.25, 0.3) is 10.9 Å². The fourth-order valence-corrected chi connectivity index (χ4v) is 4.66. The van der Waals surface area contributed by atoms with Gasteiger partial charge in [0.15, 0.2) is 11.5 Å². The third kappa shape index (κ3) is 6.03. The summed E-state index contributed by atoms with van der Waals surface area (Å²) in [7, 11) is 1.62. The Kier molecular flexibility index (Phi) is 7.58. The van der Waals surface area contributed by atoms with Crippen molar-refractivity contribution in [3.63, 3.8) is 0 Å². The molecular formula is C28H28ClFN4O3. The zero-order chi connectivity index (χ0) is 25.8. The first kappa shape index (κ1) is 25.0. The number of methoxy groups -OCH3 is 1. The van der Waals surface area contributed by atoms with E-state index < -0.39 is 0 Å². The van der Waals surface area contributed by atoms with Crippen molar-refractivity contribution < 1.29 is 18.6 Å². The molecule has 37 heavy (non-hydrogen) atoms. The van der Waals surface area contributed by atoms with Crippen LogP contribution in [-0.2, 0) is 6.61 Å². The lowest BCUT2D eigenvalue weighted by Crippen LogP contribution is -2.31. The van der Waals surface area contributed by atoms with Crippen LogP contribution in [0.15, 0.2) is 60.9 Å². The third-order valence-corrected chi connectivity index (χ3v) is 6.71. The average molecular weight is 523 g/mol. The molecule has 3 N–H and O–H groups in total. The van der Waals surface area contributed by atoms with E-state index >= 15 is 0 Å². The minimum absolute atomic E-state index is 0.0888. The Morgan fingerprint density at radius 3 is 2.59 bits per heavy atom. The average Bonchev–Trinajstić information content (AvgIpc) is 2.89. The van der Waals surface area contributed by atoms with Crippen molar-refractivity contribution >= 4 is 34.0 Å². The second-order valence-corrected chi connectivity index (χ2v) is 9.49. The Hall–Kier alpha value is -3.62. The van der Waals surface area contributed by atoms with Crippen LogP contribution in [0.4, 0.5) is 15.9 Å². The van der Waals surface area contributed by atoms with Crippen molar-refractivity contribution in [1.29, 1.82) is 0 Å². The molecule has 1 heterocycles. The first-order valence-electron chi connectivity index (χ1n) is 12.2. The molecule has 1 aromatic heterocycles. The van der Waals surface area contributed by atoms with E-state index in [9.17, 15) is 4.39 Å². The summed E-state index contributed by atoms with van der Waals surface area (Å²) in [5.41, 5.74) is 8.21. The number of fused-ring (bicyclic) bond motifs is 1. The Morgan fingerprint density at radius 2 is 1.84 bits per heavy atom. The van der Waals surface area contributed by atoms with Gasteiger partial charge in [-0.15, -0.1) is 0 Å². The molecule has 0 radical (unpaired) electrons. The molecule has 0 amide bonds. The summed E-state index contributed by atoms with van der Waals surface area (Å²) in [6.07, 6.45) is 5.28. The molecule has 0 saturated heterocycles. The second kappa shape index (κ2) is 11.2. The fraction of sp³-hybridized carbons (Fsp3) is 0.286. The van der Waals surface area contributed by atoms with E-state index in [0.717, 1.165) is 42.3 Å². The summed E-state index contributed by atoms with van der Waals surface area (Å²) in [5, 5.41) is 4.52. The van der Waals surface area contributed by atoms with Gasteiger partial charge in [0, 0.05) is 23.2 Å². The highest BCUT2D eigenvalue weighted by atomic mass is 35.5. The Bertz CT molecular complexity index is 1400. The van der Waals surface area contributed by atoms with Crippen LogP contribution in [-0.4, -0.2) is 29.2 Å². The van der Waals surface area contributed by atoms with Crippen LogP contribution in [0.3, 0.4) is 0 Å². The first-order valence-corrected chi connectivity index (χ1v) is 12.5. The smallest absolute Gasteiger partial charge is 0.162 e. The van der Waals surface area contributed by atoms with Crippen molar-refractivity contribution in [2.75, 3.05) is 12.4 Å².